The largest absolute Gasteiger partial charge is 0.480 e. The monoisotopic (exact) mass is 267 g/mol. The van der Waals surface area contributed by atoms with Crippen molar-refractivity contribution in [1.29, 1.82) is 0 Å². The maximum absolute atomic E-state index is 10.9. The van der Waals surface area contributed by atoms with Crippen LogP contribution in [0.2, 0.25) is 0 Å². The number of benzene rings is 1. The van der Waals surface area contributed by atoms with Crippen LogP contribution in [0.1, 0.15) is 25.8 Å². The molecule has 0 amide bonds. The third kappa shape index (κ3) is 4.70. The summed E-state index contributed by atoms with van der Waals surface area (Å²) in [5, 5.41) is 8.91. The van der Waals surface area contributed by atoms with Crippen molar-refractivity contribution in [3.05, 3.63) is 35.9 Å². The normalized spacial score (nSPS) is 13.3. The van der Waals surface area contributed by atoms with Gasteiger partial charge in [0, 0.05) is 4.75 Å². The smallest absolute Gasteiger partial charge is 0.321 e. The zero-order valence-corrected chi connectivity index (χ0v) is 11.7. The maximum atomic E-state index is 10.9. The SMILES string of the molecule is CC(C)(SCCCc1ccccc1)[C@@H](N)C(=O)O. The predicted molar refractivity (Wildman–Crippen MR) is 76.9 cm³/mol. The first-order chi connectivity index (χ1) is 8.43. The summed E-state index contributed by atoms with van der Waals surface area (Å²) in [6, 6.07) is 9.48. The molecule has 0 saturated heterocycles. The van der Waals surface area contributed by atoms with Crippen LogP contribution in [-0.2, 0) is 11.2 Å². The summed E-state index contributed by atoms with van der Waals surface area (Å²) >= 11 is 1.63. The Morgan fingerprint density at radius 2 is 2.00 bits per heavy atom. The second kappa shape index (κ2) is 6.81. The van der Waals surface area contributed by atoms with E-state index < -0.39 is 16.8 Å². The van der Waals surface area contributed by atoms with Crippen molar-refractivity contribution < 1.29 is 9.90 Å². The van der Waals surface area contributed by atoms with E-state index in [0.717, 1.165) is 18.6 Å². The van der Waals surface area contributed by atoms with Crippen LogP contribution in [0, 0.1) is 0 Å². The van der Waals surface area contributed by atoms with Crippen molar-refractivity contribution in [2.24, 2.45) is 5.73 Å². The molecule has 0 aliphatic carbocycles. The molecule has 1 atom stereocenters. The van der Waals surface area contributed by atoms with Crippen LogP contribution in [0.15, 0.2) is 30.3 Å². The van der Waals surface area contributed by atoms with E-state index in [9.17, 15) is 4.79 Å². The highest BCUT2D eigenvalue weighted by Gasteiger charge is 2.32. The second-order valence-electron chi connectivity index (χ2n) is 4.86. The Morgan fingerprint density at radius 1 is 1.39 bits per heavy atom. The minimum absolute atomic E-state index is 0.428. The van der Waals surface area contributed by atoms with Crippen LogP contribution in [0.5, 0.6) is 0 Å². The number of thioether (sulfide) groups is 1. The molecule has 100 valence electrons. The molecule has 0 heterocycles. The summed E-state index contributed by atoms with van der Waals surface area (Å²) in [6.45, 7) is 3.78. The summed E-state index contributed by atoms with van der Waals surface area (Å²) in [6.07, 6.45) is 2.05. The molecule has 0 aliphatic rings. The molecule has 0 radical (unpaired) electrons. The van der Waals surface area contributed by atoms with Crippen molar-refractivity contribution in [2.75, 3.05) is 5.75 Å². The lowest BCUT2D eigenvalue weighted by atomic mass is 10.1. The molecule has 0 fully saturated rings. The van der Waals surface area contributed by atoms with Gasteiger partial charge in [-0.2, -0.15) is 11.8 Å². The van der Waals surface area contributed by atoms with Gasteiger partial charge in [0.15, 0.2) is 0 Å². The Kier molecular flexibility index (Phi) is 5.69. The molecule has 1 rings (SSSR count). The predicted octanol–water partition coefficient (Wildman–Crippen LogP) is 2.54. The van der Waals surface area contributed by atoms with Crippen molar-refractivity contribution in [1.82, 2.24) is 0 Å². The fraction of sp³-hybridized carbons (Fsp3) is 0.500. The minimum Gasteiger partial charge on any atom is -0.480 e. The Labute approximate surface area is 113 Å². The standard InChI is InChI=1S/C14H21NO2S/c1-14(2,12(15)13(16)17)18-10-6-9-11-7-4-3-5-8-11/h3-5,7-8,12H,6,9-10,15H2,1-2H3,(H,16,17)/t12-/m0/s1. The lowest BCUT2D eigenvalue weighted by Gasteiger charge is -2.27. The lowest BCUT2D eigenvalue weighted by molar-refractivity contribution is -0.139. The number of hydrogen-bond acceptors (Lipinski definition) is 3. The number of rotatable bonds is 7. The molecule has 3 nitrogen and oxygen atoms in total. The number of hydrogen-bond donors (Lipinski definition) is 2. The summed E-state index contributed by atoms with van der Waals surface area (Å²) in [5.41, 5.74) is 6.99. The van der Waals surface area contributed by atoms with Crippen molar-refractivity contribution in [3.8, 4) is 0 Å². The van der Waals surface area contributed by atoms with E-state index in [-0.39, 0.29) is 0 Å². The van der Waals surface area contributed by atoms with Gasteiger partial charge >= 0.3 is 5.97 Å². The van der Waals surface area contributed by atoms with E-state index in [2.05, 4.69) is 12.1 Å². The third-order valence-electron chi connectivity index (χ3n) is 2.94. The fourth-order valence-electron chi connectivity index (χ4n) is 1.64. The molecule has 18 heavy (non-hydrogen) atoms. The number of carboxylic acid groups (broad SMARTS) is 1. The Balaban J connectivity index is 2.31. The van der Waals surface area contributed by atoms with E-state index in [1.807, 2.05) is 32.0 Å². The van der Waals surface area contributed by atoms with Gasteiger partial charge in [0.05, 0.1) is 0 Å². The first-order valence-corrected chi connectivity index (χ1v) is 7.08. The third-order valence-corrected chi connectivity index (χ3v) is 4.43. The molecule has 0 unspecified atom stereocenters. The molecule has 4 heteroatoms. The quantitative estimate of drug-likeness (QED) is 0.745. The van der Waals surface area contributed by atoms with E-state index >= 15 is 0 Å². The van der Waals surface area contributed by atoms with E-state index in [0.29, 0.717) is 0 Å². The molecule has 0 spiro atoms. The highest BCUT2D eigenvalue weighted by Crippen LogP contribution is 2.28. The Morgan fingerprint density at radius 3 is 2.56 bits per heavy atom. The molecule has 1 aromatic carbocycles. The average molecular weight is 267 g/mol. The zero-order valence-electron chi connectivity index (χ0n) is 10.9. The minimum atomic E-state index is -0.935. The van der Waals surface area contributed by atoms with Crippen molar-refractivity contribution in [2.45, 2.75) is 37.5 Å². The highest BCUT2D eigenvalue weighted by molar-refractivity contribution is 8.00. The summed E-state index contributed by atoms with van der Waals surface area (Å²) in [7, 11) is 0. The number of aryl methyl sites for hydroxylation is 1. The summed E-state index contributed by atoms with van der Waals surface area (Å²) < 4.78 is -0.428. The van der Waals surface area contributed by atoms with E-state index in [1.54, 1.807) is 11.8 Å². The first-order valence-electron chi connectivity index (χ1n) is 6.10. The topological polar surface area (TPSA) is 63.3 Å². The van der Waals surface area contributed by atoms with Gasteiger partial charge in [-0.25, -0.2) is 0 Å². The maximum Gasteiger partial charge on any atom is 0.321 e. The van der Waals surface area contributed by atoms with Gasteiger partial charge in [0.1, 0.15) is 6.04 Å². The average Bonchev–Trinajstić information content (AvgIpc) is 2.35. The lowest BCUT2D eigenvalue weighted by Crippen LogP contribution is -2.46. The van der Waals surface area contributed by atoms with Gasteiger partial charge in [0.2, 0.25) is 0 Å². The van der Waals surface area contributed by atoms with Gasteiger partial charge < -0.3 is 10.8 Å². The Bertz CT molecular complexity index is 379. The Hall–Kier alpha value is -1.00. The van der Waals surface area contributed by atoms with Gasteiger partial charge in [0.25, 0.3) is 0 Å². The number of carboxylic acids is 1. The van der Waals surface area contributed by atoms with Crippen molar-refractivity contribution in [3.63, 3.8) is 0 Å². The van der Waals surface area contributed by atoms with Gasteiger partial charge in [-0.1, -0.05) is 30.3 Å². The highest BCUT2D eigenvalue weighted by atomic mass is 32.2. The van der Waals surface area contributed by atoms with E-state index in [4.69, 9.17) is 10.8 Å². The molecule has 0 aliphatic heterocycles. The second-order valence-corrected chi connectivity index (χ2v) is 6.61. The van der Waals surface area contributed by atoms with Crippen LogP contribution in [0.3, 0.4) is 0 Å². The molecule has 0 aromatic heterocycles. The van der Waals surface area contributed by atoms with Crippen LogP contribution >= 0.6 is 11.8 Å². The number of nitrogens with two attached hydrogens (primary N) is 1. The molecular weight excluding hydrogens is 246 g/mol. The van der Waals surface area contributed by atoms with Crippen LogP contribution in [0.25, 0.3) is 0 Å². The van der Waals surface area contributed by atoms with Gasteiger partial charge in [-0.05, 0) is 38.0 Å². The number of aliphatic carboxylic acids is 1. The molecule has 3 N–H and O–H groups in total. The molecule has 0 bridgehead atoms. The van der Waals surface area contributed by atoms with Crippen LogP contribution in [-0.4, -0.2) is 27.6 Å². The number of carbonyl (C=O) groups is 1. The van der Waals surface area contributed by atoms with Gasteiger partial charge in [-0.3, -0.25) is 4.79 Å². The van der Waals surface area contributed by atoms with Crippen LogP contribution < -0.4 is 5.73 Å². The van der Waals surface area contributed by atoms with Gasteiger partial charge in [-0.15, -0.1) is 0 Å². The molecule has 0 saturated carbocycles. The molecule has 1 aromatic rings. The fourth-order valence-corrected chi connectivity index (χ4v) is 2.74. The van der Waals surface area contributed by atoms with E-state index in [1.165, 1.54) is 5.56 Å². The van der Waals surface area contributed by atoms with Crippen molar-refractivity contribution >= 4 is 17.7 Å². The summed E-state index contributed by atoms with van der Waals surface area (Å²) in [4.78, 5) is 10.9. The first kappa shape index (κ1) is 15.1. The molecular formula is C14H21NO2S. The zero-order chi connectivity index (χ0) is 13.6. The van der Waals surface area contributed by atoms with Crippen LogP contribution in [0.4, 0.5) is 0 Å². The summed E-state index contributed by atoms with van der Waals surface area (Å²) in [5.74, 6) is -0.0151.